The van der Waals surface area contributed by atoms with E-state index in [1.807, 2.05) is 0 Å². The summed E-state index contributed by atoms with van der Waals surface area (Å²) in [7, 11) is 0. The molecule has 4 rings (SSSR count). The highest BCUT2D eigenvalue weighted by Gasteiger charge is 2.35. The van der Waals surface area contributed by atoms with Crippen molar-refractivity contribution in [1.29, 1.82) is 0 Å². The van der Waals surface area contributed by atoms with Crippen molar-refractivity contribution < 1.29 is 23.5 Å². The van der Waals surface area contributed by atoms with Gasteiger partial charge in [-0.2, -0.15) is 0 Å². The first-order valence-electron chi connectivity index (χ1n) is 8.16. The van der Waals surface area contributed by atoms with E-state index in [9.17, 15) is 18.8 Å². The maximum absolute atomic E-state index is 14.7. The lowest BCUT2D eigenvalue weighted by atomic mass is 9.98. The molecule has 0 fully saturated rings. The lowest BCUT2D eigenvalue weighted by Crippen LogP contribution is -2.43. The molecule has 0 saturated carbocycles. The third kappa shape index (κ3) is 2.62. The van der Waals surface area contributed by atoms with E-state index in [-0.39, 0.29) is 42.6 Å². The van der Waals surface area contributed by atoms with Crippen LogP contribution in [0.15, 0.2) is 36.4 Å². The number of amides is 3. The summed E-state index contributed by atoms with van der Waals surface area (Å²) in [6, 6.07) is 8.99. The molecule has 0 radical (unpaired) electrons. The van der Waals surface area contributed by atoms with Crippen molar-refractivity contribution in [2.45, 2.75) is 6.42 Å². The van der Waals surface area contributed by atoms with Crippen LogP contribution in [0.4, 0.5) is 15.8 Å². The van der Waals surface area contributed by atoms with Crippen molar-refractivity contribution in [3.05, 3.63) is 53.3 Å². The number of terminal acetylenes is 1. The number of hydrogen-bond donors (Lipinski definition) is 0. The smallest absolute Gasteiger partial charge is 0.265 e. The van der Waals surface area contributed by atoms with Crippen LogP contribution in [0.2, 0.25) is 0 Å². The Morgan fingerprint density at radius 3 is 2.67 bits per heavy atom. The molecule has 0 N–H and O–H groups in total. The number of fused-ring (bicyclic) bond motifs is 2. The highest BCUT2D eigenvalue weighted by Crippen LogP contribution is 2.39. The Kier molecular flexibility index (Phi) is 3.89. The van der Waals surface area contributed by atoms with E-state index >= 15 is 0 Å². The number of hydrogen-bond acceptors (Lipinski definition) is 4. The summed E-state index contributed by atoms with van der Waals surface area (Å²) in [5.41, 5.74) is 0.912. The van der Waals surface area contributed by atoms with Gasteiger partial charge in [-0.25, -0.2) is 9.29 Å². The zero-order valence-corrected chi connectivity index (χ0v) is 14.1. The van der Waals surface area contributed by atoms with Gasteiger partial charge < -0.3 is 4.74 Å². The van der Waals surface area contributed by atoms with Gasteiger partial charge in [0.1, 0.15) is 5.75 Å². The summed E-state index contributed by atoms with van der Waals surface area (Å²) in [5.74, 6) is 0.129. The van der Waals surface area contributed by atoms with Gasteiger partial charge in [0.25, 0.3) is 11.8 Å². The Morgan fingerprint density at radius 2 is 1.89 bits per heavy atom. The molecule has 0 aromatic heterocycles. The molecule has 0 unspecified atom stereocenters. The number of halogens is 1. The van der Waals surface area contributed by atoms with Gasteiger partial charge in [-0.3, -0.25) is 19.3 Å². The number of nitrogens with zero attached hydrogens (tertiary/aromatic N) is 2. The highest BCUT2D eigenvalue weighted by molar-refractivity contribution is 6.25. The minimum absolute atomic E-state index is 0.0259. The van der Waals surface area contributed by atoms with Crippen LogP contribution >= 0.6 is 0 Å². The van der Waals surface area contributed by atoms with E-state index in [1.54, 1.807) is 24.3 Å². The lowest BCUT2D eigenvalue weighted by Gasteiger charge is -2.31. The first kappa shape index (κ1) is 16.8. The second-order valence-electron chi connectivity index (χ2n) is 6.11. The third-order valence-electron chi connectivity index (χ3n) is 4.50. The quantitative estimate of drug-likeness (QED) is 0.603. The molecule has 2 aliphatic heterocycles. The van der Waals surface area contributed by atoms with Crippen molar-refractivity contribution in [2.75, 3.05) is 23.0 Å². The highest BCUT2D eigenvalue weighted by atomic mass is 19.1. The molecule has 3 amide bonds. The molecule has 2 heterocycles. The van der Waals surface area contributed by atoms with Crippen LogP contribution in [-0.2, 0) is 16.0 Å². The standard InChI is InChI=1S/C20H13FN2O4/c1-2-7-22-16-10-15(14(21)9-17(16)27-11-19(22)25)23-18(24)8-12-5-3-4-6-13(12)20(23)26/h1,3-6,9-10H,7-8,11H2. The fourth-order valence-corrected chi connectivity index (χ4v) is 3.25. The molecule has 2 aromatic rings. The van der Waals surface area contributed by atoms with Crippen LogP contribution in [0.3, 0.4) is 0 Å². The number of rotatable bonds is 2. The van der Waals surface area contributed by atoms with Gasteiger partial charge in [0.05, 0.1) is 24.3 Å². The Labute approximate surface area is 154 Å². The molecular formula is C20H13FN2O4. The number of carbonyl (C=O) groups excluding carboxylic acids is 3. The predicted octanol–water partition coefficient (Wildman–Crippen LogP) is 1.91. The van der Waals surface area contributed by atoms with E-state index in [0.717, 1.165) is 11.0 Å². The summed E-state index contributed by atoms with van der Waals surface area (Å²) in [6.07, 6.45) is 5.28. The number of carbonyl (C=O) groups is 3. The predicted molar refractivity (Wildman–Crippen MR) is 95.0 cm³/mol. The monoisotopic (exact) mass is 364 g/mol. The Bertz CT molecular complexity index is 1040. The minimum Gasteiger partial charge on any atom is -0.481 e. The molecule has 6 nitrogen and oxygen atoms in total. The Hall–Kier alpha value is -3.66. The van der Waals surface area contributed by atoms with Crippen LogP contribution < -0.4 is 14.5 Å². The SMILES string of the molecule is C#CCN1C(=O)COc2cc(F)c(N3C(=O)Cc4ccccc4C3=O)cc21. The van der Waals surface area contributed by atoms with E-state index in [1.165, 1.54) is 11.0 Å². The molecule has 2 aromatic carbocycles. The summed E-state index contributed by atoms with van der Waals surface area (Å²) in [4.78, 5) is 39.5. The maximum Gasteiger partial charge on any atom is 0.265 e. The minimum atomic E-state index is -0.801. The van der Waals surface area contributed by atoms with Crippen LogP contribution in [-0.4, -0.2) is 30.9 Å². The largest absolute Gasteiger partial charge is 0.481 e. The maximum atomic E-state index is 14.7. The van der Waals surface area contributed by atoms with Crippen molar-refractivity contribution in [3.63, 3.8) is 0 Å². The zero-order valence-electron chi connectivity index (χ0n) is 14.1. The van der Waals surface area contributed by atoms with Crippen LogP contribution in [0.1, 0.15) is 15.9 Å². The van der Waals surface area contributed by atoms with E-state index in [4.69, 9.17) is 11.2 Å². The normalized spacial score (nSPS) is 15.8. The zero-order chi connectivity index (χ0) is 19.1. The number of anilines is 2. The summed E-state index contributed by atoms with van der Waals surface area (Å²) in [5, 5.41) is 0. The van der Waals surface area contributed by atoms with Crippen molar-refractivity contribution in [1.82, 2.24) is 0 Å². The van der Waals surface area contributed by atoms with E-state index in [2.05, 4.69) is 5.92 Å². The molecule has 0 spiro atoms. The molecule has 27 heavy (non-hydrogen) atoms. The van der Waals surface area contributed by atoms with E-state index < -0.39 is 17.6 Å². The van der Waals surface area contributed by atoms with Crippen molar-refractivity contribution in [3.8, 4) is 18.1 Å². The average molecular weight is 364 g/mol. The van der Waals surface area contributed by atoms with E-state index in [0.29, 0.717) is 11.1 Å². The first-order valence-corrected chi connectivity index (χ1v) is 8.16. The molecule has 0 aliphatic carbocycles. The number of imide groups is 1. The summed E-state index contributed by atoms with van der Waals surface area (Å²) >= 11 is 0. The molecule has 0 bridgehead atoms. The average Bonchev–Trinajstić information content (AvgIpc) is 2.65. The molecular weight excluding hydrogens is 351 g/mol. The van der Waals surface area contributed by atoms with Crippen LogP contribution in [0.5, 0.6) is 5.75 Å². The number of ether oxygens (including phenoxy) is 1. The summed E-state index contributed by atoms with van der Waals surface area (Å²) < 4.78 is 20.0. The summed E-state index contributed by atoms with van der Waals surface area (Å²) in [6.45, 7) is -0.298. The van der Waals surface area contributed by atoms with Crippen LogP contribution in [0.25, 0.3) is 0 Å². The van der Waals surface area contributed by atoms with Gasteiger partial charge in [-0.05, 0) is 17.7 Å². The molecule has 0 saturated heterocycles. The molecule has 0 atom stereocenters. The Balaban J connectivity index is 1.83. The van der Waals surface area contributed by atoms with Crippen molar-refractivity contribution in [2.24, 2.45) is 0 Å². The van der Waals surface area contributed by atoms with Gasteiger partial charge >= 0.3 is 0 Å². The topological polar surface area (TPSA) is 66.9 Å². The fraction of sp³-hybridized carbons (Fsp3) is 0.150. The van der Waals surface area contributed by atoms with Gasteiger partial charge in [0, 0.05) is 11.6 Å². The second-order valence-corrected chi connectivity index (χ2v) is 6.11. The lowest BCUT2D eigenvalue weighted by molar-refractivity contribution is -0.121. The molecule has 134 valence electrons. The fourth-order valence-electron chi connectivity index (χ4n) is 3.25. The molecule has 2 aliphatic rings. The molecule has 7 heteroatoms. The Morgan fingerprint density at radius 1 is 1.11 bits per heavy atom. The van der Waals surface area contributed by atoms with Gasteiger partial charge in [-0.1, -0.05) is 24.1 Å². The van der Waals surface area contributed by atoms with Gasteiger partial charge in [0.2, 0.25) is 5.91 Å². The second kappa shape index (κ2) is 6.25. The third-order valence-corrected chi connectivity index (χ3v) is 4.50. The van der Waals surface area contributed by atoms with Gasteiger partial charge in [0.15, 0.2) is 12.4 Å². The van der Waals surface area contributed by atoms with Gasteiger partial charge in [-0.15, -0.1) is 6.42 Å². The number of benzene rings is 2. The van der Waals surface area contributed by atoms with Crippen molar-refractivity contribution >= 4 is 29.1 Å². The first-order chi connectivity index (χ1) is 13.0. The van der Waals surface area contributed by atoms with Crippen LogP contribution in [0, 0.1) is 18.2 Å².